The molecule has 1 aromatic heterocycles. The van der Waals surface area contributed by atoms with Gasteiger partial charge in [-0.05, 0) is 29.7 Å². The molecule has 1 N–H and O–H groups in total. The average molecular weight is 466 g/mol. The number of rotatable bonds is 9. The van der Waals surface area contributed by atoms with Crippen LogP contribution in [0.25, 0.3) is 6.08 Å². The minimum atomic E-state index is -0.507. The third kappa shape index (κ3) is 6.14. The van der Waals surface area contributed by atoms with Crippen LogP contribution in [0.1, 0.15) is 50.9 Å². The predicted octanol–water partition coefficient (Wildman–Crippen LogP) is 6.27. The van der Waals surface area contributed by atoms with E-state index >= 15 is 0 Å². The molecule has 0 aliphatic rings. The summed E-state index contributed by atoms with van der Waals surface area (Å²) in [5.41, 5.74) is 1.74. The molecule has 1 unspecified atom stereocenters. The van der Waals surface area contributed by atoms with Gasteiger partial charge in [0.1, 0.15) is 5.82 Å². The quantitative estimate of drug-likeness (QED) is 0.379. The molecule has 1 heterocycles. The molecule has 0 saturated carbocycles. The van der Waals surface area contributed by atoms with Gasteiger partial charge in [-0.25, -0.2) is 9.37 Å². The third-order valence-corrected chi connectivity index (χ3v) is 6.34. The molecule has 172 valence electrons. The minimum Gasteiger partial charge on any atom is -0.345 e. The average Bonchev–Trinajstić information content (AvgIpc) is 3.28. The fourth-order valence-electron chi connectivity index (χ4n) is 3.75. The van der Waals surface area contributed by atoms with Crippen molar-refractivity contribution in [2.75, 3.05) is 4.90 Å². The number of hydrogen-bond donors (Lipinski definition) is 1. The Morgan fingerprint density at radius 1 is 1.09 bits per heavy atom. The first kappa shape index (κ1) is 24.3. The maximum absolute atomic E-state index is 14.2. The molecule has 33 heavy (non-hydrogen) atoms. The van der Waals surface area contributed by atoms with Crippen molar-refractivity contribution in [3.63, 3.8) is 0 Å². The highest BCUT2D eigenvalue weighted by molar-refractivity contribution is 7.14. The highest BCUT2D eigenvalue weighted by Gasteiger charge is 2.22. The van der Waals surface area contributed by atoms with Crippen LogP contribution in [0.15, 0.2) is 66.1 Å². The molecule has 0 saturated heterocycles. The van der Waals surface area contributed by atoms with E-state index in [2.05, 4.69) is 24.1 Å². The number of hydrogen-bond acceptors (Lipinski definition) is 4. The lowest BCUT2D eigenvalue weighted by atomic mass is 9.89. The van der Waals surface area contributed by atoms with Gasteiger partial charge in [-0.1, -0.05) is 69.2 Å². The van der Waals surface area contributed by atoms with Crippen LogP contribution in [-0.4, -0.2) is 16.8 Å². The summed E-state index contributed by atoms with van der Waals surface area (Å²) in [6.07, 6.45) is 4.95. The number of aromatic nitrogens is 1. The number of halogens is 1. The summed E-state index contributed by atoms with van der Waals surface area (Å²) in [6, 6.07) is 15.9. The summed E-state index contributed by atoms with van der Waals surface area (Å²) in [7, 11) is 0. The van der Waals surface area contributed by atoms with E-state index in [1.807, 2.05) is 30.3 Å². The zero-order valence-corrected chi connectivity index (χ0v) is 19.8. The SMILES string of the molecule is CCC(CC)C(NC(=O)/C=C/c1csc(N(C(C)=O)c2ccccc2F)n1)c1ccccc1. The Kier molecular flexibility index (Phi) is 8.49. The summed E-state index contributed by atoms with van der Waals surface area (Å²) >= 11 is 1.21. The van der Waals surface area contributed by atoms with Crippen molar-refractivity contribution in [1.82, 2.24) is 10.3 Å². The van der Waals surface area contributed by atoms with E-state index in [0.717, 1.165) is 18.4 Å². The lowest BCUT2D eigenvalue weighted by Gasteiger charge is -2.26. The second kappa shape index (κ2) is 11.5. The molecule has 2 aromatic carbocycles. The van der Waals surface area contributed by atoms with Crippen LogP contribution < -0.4 is 10.2 Å². The Hall–Kier alpha value is -3.32. The minimum absolute atomic E-state index is 0.0846. The Labute approximate surface area is 198 Å². The van der Waals surface area contributed by atoms with Gasteiger partial charge in [0.15, 0.2) is 5.13 Å². The molecule has 7 heteroatoms. The van der Waals surface area contributed by atoms with Crippen LogP contribution in [0.2, 0.25) is 0 Å². The van der Waals surface area contributed by atoms with Crippen molar-refractivity contribution < 1.29 is 14.0 Å². The maximum Gasteiger partial charge on any atom is 0.244 e. The molecular formula is C26H28FN3O2S. The van der Waals surface area contributed by atoms with Crippen LogP contribution in [0.3, 0.4) is 0 Å². The number of anilines is 2. The fraction of sp³-hybridized carbons (Fsp3) is 0.269. The zero-order valence-electron chi connectivity index (χ0n) is 19.0. The first-order chi connectivity index (χ1) is 15.9. The van der Waals surface area contributed by atoms with Crippen LogP contribution in [-0.2, 0) is 9.59 Å². The first-order valence-electron chi connectivity index (χ1n) is 11.0. The molecule has 0 aliphatic heterocycles. The maximum atomic E-state index is 14.2. The van der Waals surface area contributed by atoms with E-state index < -0.39 is 5.82 Å². The van der Waals surface area contributed by atoms with Gasteiger partial charge < -0.3 is 5.32 Å². The molecule has 0 fully saturated rings. The number of benzene rings is 2. The van der Waals surface area contributed by atoms with E-state index in [0.29, 0.717) is 16.7 Å². The Bertz CT molecular complexity index is 1110. The highest BCUT2D eigenvalue weighted by Crippen LogP contribution is 2.31. The van der Waals surface area contributed by atoms with Crippen molar-refractivity contribution in [3.05, 3.63) is 83.1 Å². The summed E-state index contributed by atoms with van der Waals surface area (Å²) < 4.78 is 14.2. The Morgan fingerprint density at radius 2 is 1.76 bits per heavy atom. The zero-order chi connectivity index (χ0) is 23.8. The Balaban J connectivity index is 1.76. The molecule has 5 nitrogen and oxygen atoms in total. The number of thiazole rings is 1. The molecule has 0 radical (unpaired) electrons. The number of carbonyl (C=O) groups excluding carboxylic acids is 2. The molecule has 0 aliphatic carbocycles. The van der Waals surface area contributed by atoms with E-state index in [-0.39, 0.29) is 23.5 Å². The van der Waals surface area contributed by atoms with E-state index in [4.69, 9.17) is 0 Å². The summed E-state index contributed by atoms with van der Waals surface area (Å²) in [5, 5.41) is 5.19. The standard InChI is InChI=1S/C26H28FN3O2S/c1-4-19(5-2)25(20-11-7-6-8-12-20)29-24(32)16-15-21-17-33-26(28-21)30(18(3)31)23-14-10-9-13-22(23)27/h6-17,19,25H,4-5H2,1-3H3,(H,29,32)/b16-15+. The second-order valence-electron chi connectivity index (χ2n) is 7.67. The van der Waals surface area contributed by atoms with Gasteiger partial charge in [0.05, 0.1) is 17.4 Å². The lowest BCUT2D eigenvalue weighted by Crippen LogP contribution is -2.32. The van der Waals surface area contributed by atoms with Crippen molar-refractivity contribution in [2.45, 2.75) is 39.7 Å². The van der Waals surface area contributed by atoms with Crippen molar-refractivity contribution >= 4 is 40.0 Å². The smallest absolute Gasteiger partial charge is 0.244 e. The Morgan fingerprint density at radius 3 is 2.39 bits per heavy atom. The van der Waals surface area contributed by atoms with Crippen LogP contribution in [0, 0.1) is 11.7 Å². The molecule has 0 spiro atoms. The lowest BCUT2D eigenvalue weighted by molar-refractivity contribution is -0.117. The van der Waals surface area contributed by atoms with Crippen LogP contribution in [0.5, 0.6) is 0 Å². The molecule has 0 bridgehead atoms. The largest absolute Gasteiger partial charge is 0.345 e. The molecule has 3 rings (SSSR count). The number of nitrogens with zero attached hydrogens (tertiary/aromatic N) is 2. The number of para-hydroxylation sites is 1. The number of nitrogens with one attached hydrogen (secondary N) is 1. The fourth-order valence-corrected chi connectivity index (χ4v) is 4.60. The number of amides is 2. The van der Waals surface area contributed by atoms with Gasteiger partial charge in [0.25, 0.3) is 0 Å². The van der Waals surface area contributed by atoms with Crippen molar-refractivity contribution in [1.29, 1.82) is 0 Å². The van der Waals surface area contributed by atoms with Gasteiger partial charge >= 0.3 is 0 Å². The topological polar surface area (TPSA) is 62.3 Å². The van der Waals surface area contributed by atoms with Gasteiger partial charge in [0.2, 0.25) is 11.8 Å². The molecule has 3 aromatic rings. The van der Waals surface area contributed by atoms with Crippen molar-refractivity contribution in [3.8, 4) is 0 Å². The first-order valence-corrected chi connectivity index (χ1v) is 11.9. The van der Waals surface area contributed by atoms with Gasteiger partial charge in [-0.3, -0.25) is 14.5 Å². The van der Waals surface area contributed by atoms with Crippen LogP contribution >= 0.6 is 11.3 Å². The molecule has 2 amide bonds. The van der Waals surface area contributed by atoms with E-state index in [1.165, 1.54) is 41.4 Å². The van der Waals surface area contributed by atoms with E-state index in [9.17, 15) is 14.0 Å². The summed E-state index contributed by atoms with van der Waals surface area (Å²) in [4.78, 5) is 30.6. The summed E-state index contributed by atoms with van der Waals surface area (Å²) in [6.45, 7) is 5.61. The summed E-state index contributed by atoms with van der Waals surface area (Å²) in [5.74, 6) is -0.755. The highest BCUT2D eigenvalue weighted by atomic mass is 32.1. The molecular weight excluding hydrogens is 437 g/mol. The normalized spacial score (nSPS) is 12.2. The monoisotopic (exact) mass is 465 g/mol. The van der Waals surface area contributed by atoms with Crippen molar-refractivity contribution in [2.24, 2.45) is 5.92 Å². The number of carbonyl (C=O) groups is 2. The third-order valence-electron chi connectivity index (χ3n) is 5.49. The van der Waals surface area contributed by atoms with E-state index in [1.54, 1.807) is 23.6 Å². The second-order valence-corrected chi connectivity index (χ2v) is 8.50. The van der Waals surface area contributed by atoms with Gasteiger partial charge in [-0.15, -0.1) is 11.3 Å². The van der Waals surface area contributed by atoms with Crippen LogP contribution in [0.4, 0.5) is 15.2 Å². The molecule has 1 atom stereocenters. The van der Waals surface area contributed by atoms with Gasteiger partial charge in [0, 0.05) is 18.4 Å². The van der Waals surface area contributed by atoms with Gasteiger partial charge in [-0.2, -0.15) is 0 Å². The predicted molar refractivity (Wildman–Crippen MR) is 132 cm³/mol.